The first-order valence-corrected chi connectivity index (χ1v) is 6.52. The maximum atomic E-state index is 7.39. The first-order valence-electron chi connectivity index (χ1n) is 6.14. The van der Waals surface area contributed by atoms with Crippen LogP contribution in [0, 0.1) is 24.7 Å². The Bertz CT molecular complexity index is 458. The minimum atomic E-state index is 0.102. The Labute approximate surface area is 113 Å². The van der Waals surface area contributed by atoms with E-state index < -0.39 is 0 Å². The molecule has 1 aromatic carbocycles. The van der Waals surface area contributed by atoms with E-state index in [1.54, 1.807) is 0 Å². The van der Waals surface area contributed by atoms with E-state index in [4.69, 9.17) is 27.5 Å². The van der Waals surface area contributed by atoms with E-state index in [1.807, 2.05) is 26.0 Å². The van der Waals surface area contributed by atoms with Gasteiger partial charge in [0.15, 0.2) is 0 Å². The third-order valence-electron chi connectivity index (χ3n) is 3.47. The van der Waals surface area contributed by atoms with E-state index in [9.17, 15) is 0 Å². The predicted molar refractivity (Wildman–Crippen MR) is 74.6 cm³/mol. The Morgan fingerprint density at radius 3 is 2.39 bits per heavy atom. The number of ether oxygens (including phenoxy) is 1. The molecule has 98 valence electrons. The van der Waals surface area contributed by atoms with Gasteiger partial charge in [0.2, 0.25) is 0 Å². The number of rotatable bonds is 5. The summed E-state index contributed by atoms with van der Waals surface area (Å²) in [6, 6.07) is 3.82. The largest absolute Gasteiger partial charge is 0.492 e. The maximum Gasteiger partial charge on any atom is 0.125 e. The van der Waals surface area contributed by atoms with Crippen molar-refractivity contribution in [2.75, 3.05) is 6.61 Å². The summed E-state index contributed by atoms with van der Waals surface area (Å²) in [6.07, 6.45) is 2.83. The highest BCUT2D eigenvalue weighted by Gasteiger charge is 2.44. The molecule has 1 aliphatic carbocycles. The molecule has 1 fully saturated rings. The van der Waals surface area contributed by atoms with E-state index in [1.165, 1.54) is 0 Å². The number of halogens is 1. The molecule has 0 spiro atoms. The highest BCUT2D eigenvalue weighted by molar-refractivity contribution is 6.30. The summed E-state index contributed by atoms with van der Waals surface area (Å²) in [4.78, 5) is 0. The van der Waals surface area contributed by atoms with Crippen molar-refractivity contribution in [1.29, 1.82) is 5.41 Å². The molecule has 0 aliphatic heterocycles. The molecule has 2 rings (SSSR count). The Kier molecular flexibility index (Phi) is 3.53. The average Bonchev–Trinajstić information content (AvgIpc) is 2.95. The van der Waals surface area contributed by atoms with Gasteiger partial charge < -0.3 is 10.5 Å². The van der Waals surface area contributed by atoms with Gasteiger partial charge in [0.25, 0.3) is 0 Å². The Balaban J connectivity index is 2.05. The van der Waals surface area contributed by atoms with Crippen molar-refractivity contribution in [2.24, 2.45) is 11.1 Å². The summed E-state index contributed by atoms with van der Waals surface area (Å²) >= 11 is 5.99. The summed E-state index contributed by atoms with van der Waals surface area (Å²) in [6.45, 7) is 4.63. The molecule has 3 N–H and O–H groups in total. The van der Waals surface area contributed by atoms with Crippen LogP contribution in [0.4, 0.5) is 0 Å². The maximum absolute atomic E-state index is 7.39. The van der Waals surface area contributed by atoms with Crippen LogP contribution >= 0.6 is 11.6 Å². The minimum absolute atomic E-state index is 0.102. The molecule has 0 aromatic heterocycles. The summed E-state index contributed by atoms with van der Waals surface area (Å²) in [5.74, 6) is 1.16. The molecule has 4 heteroatoms. The van der Waals surface area contributed by atoms with Gasteiger partial charge in [-0.2, -0.15) is 0 Å². The van der Waals surface area contributed by atoms with Crippen molar-refractivity contribution in [3.63, 3.8) is 0 Å². The summed E-state index contributed by atoms with van der Waals surface area (Å²) < 4.78 is 5.94. The van der Waals surface area contributed by atoms with Crippen molar-refractivity contribution >= 4 is 17.4 Å². The van der Waals surface area contributed by atoms with Crippen molar-refractivity contribution in [2.45, 2.75) is 33.1 Å². The zero-order valence-electron chi connectivity index (χ0n) is 10.8. The highest BCUT2D eigenvalue weighted by atomic mass is 35.5. The molecule has 1 aliphatic rings. The quantitative estimate of drug-likeness (QED) is 0.633. The number of benzene rings is 1. The SMILES string of the molecule is Cc1cc(Cl)cc(C)c1OCC1(CC(=N)N)CC1. The molecule has 18 heavy (non-hydrogen) atoms. The zero-order valence-corrected chi connectivity index (χ0v) is 11.6. The van der Waals surface area contributed by atoms with Crippen molar-refractivity contribution in [1.82, 2.24) is 0 Å². The zero-order chi connectivity index (χ0) is 13.3. The molecule has 3 nitrogen and oxygen atoms in total. The van der Waals surface area contributed by atoms with Crippen LogP contribution in [0.15, 0.2) is 12.1 Å². The molecule has 0 saturated heterocycles. The smallest absolute Gasteiger partial charge is 0.125 e. The van der Waals surface area contributed by atoms with Crippen LogP contribution in [0.2, 0.25) is 5.02 Å². The lowest BCUT2D eigenvalue weighted by Crippen LogP contribution is -2.22. The number of hydrogen-bond donors (Lipinski definition) is 2. The fraction of sp³-hybridized carbons (Fsp3) is 0.500. The second-order valence-corrected chi connectivity index (χ2v) is 5.80. The number of hydrogen-bond acceptors (Lipinski definition) is 2. The van der Waals surface area contributed by atoms with Crippen LogP contribution in [-0.2, 0) is 0 Å². The van der Waals surface area contributed by atoms with Gasteiger partial charge >= 0.3 is 0 Å². The van der Waals surface area contributed by atoms with Crippen molar-refractivity contribution < 1.29 is 4.74 Å². The molecule has 0 heterocycles. The summed E-state index contributed by atoms with van der Waals surface area (Å²) in [7, 11) is 0. The van der Waals surface area contributed by atoms with Gasteiger partial charge in [-0.05, 0) is 49.9 Å². The van der Waals surface area contributed by atoms with E-state index in [2.05, 4.69) is 0 Å². The Morgan fingerprint density at radius 2 is 1.94 bits per heavy atom. The van der Waals surface area contributed by atoms with Gasteiger partial charge in [-0.25, -0.2) is 0 Å². The number of aryl methyl sites for hydroxylation is 2. The lowest BCUT2D eigenvalue weighted by atomic mass is 10.0. The summed E-state index contributed by atoms with van der Waals surface area (Å²) in [5.41, 5.74) is 7.69. The number of nitrogens with two attached hydrogens (primary N) is 1. The third kappa shape index (κ3) is 2.96. The number of nitrogens with one attached hydrogen (secondary N) is 1. The van der Waals surface area contributed by atoms with E-state index in [0.717, 1.165) is 34.7 Å². The third-order valence-corrected chi connectivity index (χ3v) is 3.69. The summed E-state index contributed by atoms with van der Waals surface area (Å²) in [5, 5.41) is 8.13. The van der Waals surface area contributed by atoms with Crippen LogP contribution in [0.25, 0.3) is 0 Å². The van der Waals surface area contributed by atoms with Gasteiger partial charge in [0.1, 0.15) is 5.75 Å². The Morgan fingerprint density at radius 1 is 1.39 bits per heavy atom. The van der Waals surface area contributed by atoms with Gasteiger partial charge in [-0.3, -0.25) is 5.41 Å². The van der Waals surface area contributed by atoms with E-state index >= 15 is 0 Å². The van der Waals surface area contributed by atoms with E-state index in [-0.39, 0.29) is 11.3 Å². The van der Waals surface area contributed by atoms with Crippen LogP contribution < -0.4 is 10.5 Å². The molecule has 0 amide bonds. The molecule has 0 atom stereocenters. The molecule has 0 radical (unpaired) electrons. The van der Waals surface area contributed by atoms with Crippen molar-refractivity contribution in [3.8, 4) is 5.75 Å². The fourth-order valence-electron chi connectivity index (χ4n) is 2.30. The second-order valence-electron chi connectivity index (χ2n) is 5.36. The topological polar surface area (TPSA) is 59.1 Å². The molecule has 0 unspecified atom stereocenters. The number of amidine groups is 1. The van der Waals surface area contributed by atoms with Crippen LogP contribution in [0.3, 0.4) is 0 Å². The van der Waals surface area contributed by atoms with Gasteiger partial charge in [0, 0.05) is 16.9 Å². The van der Waals surface area contributed by atoms with Gasteiger partial charge in [-0.15, -0.1) is 0 Å². The molecule has 1 saturated carbocycles. The molecular weight excluding hydrogens is 248 g/mol. The monoisotopic (exact) mass is 266 g/mol. The molecular formula is C14H19ClN2O. The van der Waals surface area contributed by atoms with Crippen LogP contribution in [0.5, 0.6) is 5.75 Å². The molecule has 1 aromatic rings. The van der Waals surface area contributed by atoms with E-state index in [0.29, 0.717) is 13.0 Å². The second kappa shape index (κ2) is 4.81. The highest BCUT2D eigenvalue weighted by Crippen LogP contribution is 2.49. The van der Waals surface area contributed by atoms with Crippen molar-refractivity contribution in [3.05, 3.63) is 28.3 Å². The normalized spacial score (nSPS) is 16.4. The molecule has 0 bridgehead atoms. The van der Waals surface area contributed by atoms with Gasteiger partial charge in [-0.1, -0.05) is 11.6 Å². The van der Waals surface area contributed by atoms with Crippen LogP contribution in [0.1, 0.15) is 30.4 Å². The lowest BCUT2D eigenvalue weighted by molar-refractivity contribution is 0.236. The standard InChI is InChI=1S/C14H19ClN2O/c1-9-5-11(15)6-10(2)13(9)18-8-14(3-4-14)7-12(16)17/h5-6H,3-4,7-8H2,1-2H3,(H3,16,17). The first kappa shape index (κ1) is 13.2. The lowest BCUT2D eigenvalue weighted by Gasteiger charge is -2.18. The fourth-order valence-corrected chi connectivity index (χ4v) is 2.63. The Hall–Kier alpha value is -1.22. The van der Waals surface area contributed by atoms with Gasteiger partial charge in [0.05, 0.1) is 12.4 Å². The minimum Gasteiger partial charge on any atom is -0.492 e. The van der Waals surface area contributed by atoms with Crippen LogP contribution in [-0.4, -0.2) is 12.4 Å². The first-order chi connectivity index (χ1) is 8.42. The average molecular weight is 267 g/mol. The predicted octanol–water partition coefficient (Wildman–Crippen LogP) is 3.44.